The molecular weight excluding hydrogens is 330 g/mol. The summed E-state index contributed by atoms with van der Waals surface area (Å²) in [6.07, 6.45) is 1.46. The summed E-state index contributed by atoms with van der Waals surface area (Å²) in [6.45, 7) is 3.77. The van der Waals surface area contributed by atoms with Gasteiger partial charge < -0.3 is 5.11 Å². The minimum absolute atomic E-state index is 0.194. The number of fused-ring (bicyclic) bond motifs is 1. The molecule has 0 aliphatic rings. The van der Waals surface area contributed by atoms with Crippen LogP contribution in [0.1, 0.15) is 37.5 Å². The Hall–Kier alpha value is -3.54. The number of para-hydroxylation sites is 1. The predicted molar refractivity (Wildman–Crippen MR) is 99.7 cm³/mol. The van der Waals surface area contributed by atoms with Crippen molar-refractivity contribution in [1.82, 2.24) is 10.4 Å². The number of hydrogen-bond acceptors (Lipinski definition) is 4. The van der Waals surface area contributed by atoms with Crippen molar-refractivity contribution in [3.8, 4) is 0 Å². The lowest BCUT2D eigenvalue weighted by molar-refractivity contribution is 0.0696. The summed E-state index contributed by atoms with van der Waals surface area (Å²) in [5.41, 5.74) is 6.38. The fourth-order valence-corrected chi connectivity index (χ4v) is 2.61. The van der Waals surface area contributed by atoms with Gasteiger partial charge in [-0.3, -0.25) is 9.78 Å². The number of carboxylic acid groups (broad SMARTS) is 1. The zero-order valence-corrected chi connectivity index (χ0v) is 14.4. The summed E-state index contributed by atoms with van der Waals surface area (Å²) in [5.74, 6) is -1.34. The maximum atomic E-state index is 12.4. The number of amides is 1. The first-order chi connectivity index (χ1) is 12.5. The zero-order valence-electron chi connectivity index (χ0n) is 14.4. The molecule has 0 unspecified atom stereocenters. The lowest BCUT2D eigenvalue weighted by atomic mass is 10.1. The van der Waals surface area contributed by atoms with Gasteiger partial charge in [0.05, 0.1) is 28.6 Å². The highest BCUT2D eigenvalue weighted by atomic mass is 16.4. The van der Waals surface area contributed by atoms with Crippen molar-refractivity contribution in [2.24, 2.45) is 5.10 Å². The Morgan fingerprint density at radius 2 is 1.85 bits per heavy atom. The Bertz CT molecular complexity index is 1020. The van der Waals surface area contributed by atoms with Crippen molar-refractivity contribution in [3.63, 3.8) is 0 Å². The number of carboxylic acids is 1. The lowest BCUT2D eigenvalue weighted by Gasteiger charge is -2.07. The van der Waals surface area contributed by atoms with E-state index in [0.29, 0.717) is 16.8 Å². The molecule has 1 amide bonds. The fraction of sp³-hybridized carbons (Fsp3) is 0.100. The average Bonchev–Trinajstić information content (AvgIpc) is 2.62. The highest BCUT2D eigenvalue weighted by Crippen LogP contribution is 2.19. The van der Waals surface area contributed by atoms with Gasteiger partial charge in [0.2, 0.25) is 0 Å². The molecule has 0 spiro atoms. The molecule has 1 aromatic heterocycles. The van der Waals surface area contributed by atoms with Gasteiger partial charge in [-0.05, 0) is 43.2 Å². The second kappa shape index (κ2) is 7.14. The highest BCUT2D eigenvalue weighted by Gasteiger charge is 2.11. The van der Waals surface area contributed by atoms with Gasteiger partial charge in [0, 0.05) is 5.39 Å². The van der Waals surface area contributed by atoms with E-state index in [9.17, 15) is 9.59 Å². The molecule has 0 atom stereocenters. The third-order valence-corrected chi connectivity index (χ3v) is 4.02. The monoisotopic (exact) mass is 347 g/mol. The summed E-state index contributed by atoms with van der Waals surface area (Å²) >= 11 is 0. The first-order valence-electron chi connectivity index (χ1n) is 7.99. The van der Waals surface area contributed by atoms with Crippen molar-refractivity contribution in [1.29, 1.82) is 0 Å². The van der Waals surface area contributed by atoms with Crippen LogP contribution in [-0.2, 0) is 0 Å². The van der Waals surface area contributed by atoms with E-state index >= 15 is 0 Å². The Morgan fingerprint density at radius 3 is 2.54 bits per heavy atom. The maximum Gasteiger partial charge on any atom is 0.335 e. The Kier molecular flexibility index (Phi) is 4.75. The van der Waals surface area contributed by atoms with Crippen molar-refractivity contribution < 1.29 is 14.7 Å². The van der Waals surface area contributed by atoms with Crippen LogP contribution in [0.3, 0.4) is 0 Å². The molecule has 3 rings (SSSR count). The second-order valence-electron chi connectivity index (χ2n) is 5.89. The number of hydrazone groups is 1. The van der Waals surface area contributed by atoms with Crippen LogP contribution in [0.15, 0.2) is 53.6 Å². The Balaban J connectivity index is 1.76. The molecule has 6 nitrogen and oxygen atoms in total. The molecule has 0 bridgehead atoms. The molecule has 0 saturated heterocycles. The fourth-order valence-electron chi connectivity index (χ4n) is 2.61. The molecule has 0 fully saturated rings. The molecular formula is C20H17N3O3. The largest absolute Gasteiger partial charge is 0.478 e. The number of rotatable bonds is 4. The molecule has 3 aromatic rings. The minimum atomic E-state index is -0.990. The van der Waals surface area contributed by atoms with Gasteiger partial charge in [-0.2, -0.15) is 5.10 Å². The quantitative estimate of drug-likeness (QED) is 0.559. The van der Waals surface area contributed by atoms with Crippen LogP contribution in [0, 0.1) is 13.8 Å². The number of aryl methyl sites for hydroxylation is 2. The number of carbonyl (C=O) groups excluding carboxylic acids is 1. The van der Waals surface area contributed by atoms with Gasteiger partial charge in [-0.25, -0.2) is 10.2 Å². The molecule has 6 heteroatoms. The number of aromatic carboxylic acids is 1. The number of benzene rings is 2. The van der Waals surface area contributed by atoms with Crippen molar-refractivity contribution >= 4 is 29.0 Å². The molecule has 2 N–H and O–H groups in total. The first-order valence-corrected chi connectivity index (χ1v) is 7.99. The molecule has 0 aliphatic heterocycles. The highest BCUT2D eigenvalue weighted by molar-refractivity contribution is 5.99. The average molecular weight is 347 g/mol. The van der Waals surface area contributed by atoms with Gasteiger partial charge in [0.1, 0.15) is 0 Å². The Morgan fingerprint density at radius 1 is 1.12 bits per heavy atom. The zero-order chi connectivity index (χ0) is 18.7. The molecule has 0 aliphatic carbocycles. The summed E-state index contributed by atoms with van der Waals surface area (Å²) in [4.78, 5) is 27.7. The number of pyridine rings is 1. The molecule has 0 saturated carbocycles. The van der Waals surface area contributed by atoms with Crippen LogP contribution in [-0.4, -0.2) is 28.2 Å². The standard InChI is InChI=1S/C20H17N3O3/c1-12-4-3-5-16-10-17(13(2)22-18(12)16)19(24)23-21-11-14-6-8-15(9-7-14)20(25)26/h3-11H,1-2H3,(H,23,24)(H,25,26)/b21-11+. The molecule has 0 radical (unpaired) electrons. The number of carbonyl (C=O) groups is 2. The number of aromatic nitrogens is 1. The topological polar surface area (TPSA) is 91.7 Å². The third-order valence-electron chi connectivity index (χ3n) is 4.02. The predicted octanol–water partition coefficient (Wildman–Crippen LogP) is 3.31. The van der Waals surface area contributed by atoms with Crippen LogP contribution in [0.2, 0.25) is 0 Å². The maximum absolute atomic E-state index is 12.4. The van der Waals surface area contributed by atoms with Gasteiger partial charge in [-0.1, -0.05) is 30.3 Å². The van der Waals surface area contributed by atoms with E-state index in [1.54, 1.807) is 25.1 Å². The van der Waals surface area contributed by atoms with Crippen molar-refractivity contribution in [2.75, 3.05) is 0 Å². The molecule has 26 heavy (non-hydrogen) atoms. The summed E-state index contributed by atoms with van der Waals surface area (Å²) in [6, 6.07) is 13.8. The van der Waals surface area contributed by atoms with Gasteiger partial charge in [-0.15, -0.1) is 0 Å². The molecule has 2 aromatic carbocycles. The number of nitrogens with one attached hydrogen (secondary N) is 1. The van der Waals surface area contributed by atoms with E-state index in [2.05, 4.69) is 15.5 Å². The Labute approximate surface area is 150 Å². The lowest BCUT2D eigenvalue weighted by Crippen LogP contribution is -2.19. The van der Waals surface area contributed by atoms with E-state index in [4.69, 9.17) is 5.11 Å². The SMILES string of the molecule is Cc1nc2c(C)cccc2cc1C(=O)N/N=C/c1ccc(C(=O)O)cc1. The van der Waals surface area contributed by atoms with E-state index < -0.39 is 5.97 Å². The number of hydrogen-bond donors (Lipinski definition) is 2. The van der Waals surface area contributed by atoms with E-state index in [-0.39, 0.29) is 11.5 Å². The van der Waals surface area contributed by atoms with Crippen molar-refractivity contribution in [2.45, 2.75) is 13.8 Å². The van der Waals surface area contributed by atoms with Crippen molar-refractivity contribution in [3.05, 3.63) is 76.5 Å². The summed E-state index contributed by atoms with van der Waals surface area (Å²) < 4.78 is 0. The van der Waals surface area contributed by atoms with E-state index in [1.165, 1.54) is 18.3 Å². The first kappa shape index (κ1) is 17.3. The van der Waals surface area contributed by atoms with E-state index in [0.717, 1.165) is 16.5 Å². The third kappa shape index (κ3) is 3.59. The summed E-state index contributed by atoms with van der Waals surface area (Å²) in [7, 11) is 0. The molecule has 130 valence electrons. The molecule has 1 heterocycles. The second-order valence-corrected chi connectivity index (χ2v) is 5.89. The van der Waals surface area contributed by atoms with Crippen LogP contribution in [0.5, 0.6) is 0 Å². The van der Waals surface area contributed by atoms with Crippen LogP contribution < -0.4 is 5.43 Å². The van der Waals surface area contributed by atoms with Crippen LogP contribution >= 0.6 is 0 Å². The normalized spacial score (nSPS) is 11.0. The summed E-state index contributed by atoms with van der Waals surface area (Å²) in [5, 5.41) is 13.7. The van der Waals surface area contributed by atoms with Crippen LogP contribution in [0.4, 0.5) is 0 Å². The van der Waals surface area contributed by atoms with Gasteiger partial charge >= 0.3 is 5.97 Å². The van der Waals surface area contributed by atoms with E-state index in [1.807, 2.05) is 25.1 Å². The van der Waals surface area contributed by atoms with Gasteiger partial charge in [0.15, 0.2) is 0 Å². The smallest absolute Gasteiger partial charge is 0.335 e. The van der Waals surface area contributed by atoms with Gasteiger partial charge in [0.25, 0.3) is 5.91 Å². The van der Waals surface area contributed by atoms with Crippen LogP contribution in [0.25, 0.3) is 10.9 Å². The minimum Gasteiger partial charge on any atom is -0.478 e. The number of nitrogens with zero attached hydrogens (tertiary/aromatic N) is 2.